The highest BCUT2D eigenvalue weighted by atomic mass is 32.2. The first-order chi connectivity index (χ1) is 7.14. The molecule has 0 radical (unpaired) electrons. The second-order valence-corrected chi connectivity index (χ2v) is 6.10. The van der Waals surface area contributed by atoms with Gasteiger partial charge in [0.15, 0.2) is 0 Å². The maximum absolute atomic E-state index is 11.6. The van der Waals surface area contributed by atoms with E-state index in [9.17, 15) is 8.42 Å². The van der Waals surface area contributed by atoms with Crippen LogP contribution in [0.25, 0.3) is 0 Å². The number of sulfonamides is 1. The first-order valence-corrected chi connectivity index (χ1v) is 7.44. The van der Waals surface area contributed by atoms with Crippen molar-refractivity contribution in [3.8, 4) is 0 Å². The summed E-state index contributed by atoms with van der Waals surface area (Å²) < 4.78 is 26.1. The molecule has 0 aromatic carbocycles. The van der Waals surface area contributed by atoms with Crippen molar-refractivity contribution in [2.24, 2.45) is 0 Å². The summed E-state index contributed by atoms with van der Waals surface area (Å²) in [6, 6.07) is 0.193. The maximum Gasteiger partial charge on any atom is 0.211 e. The van der Waals surface area contributed by atoms with Gasteiger partial charge in [-0.1, -0.05) is 19.3 Å². The topological polar surface area (TPSA) is 58.2 Å². The minimum atomic E-state index is -3.04. The van der Waals surface area contributed by atoms with Crippen molar-refractivity contribution in [2.75, 3.05) is 19.3 Å². The van der Waals surface area contributed by atoms with Gasteiger partial charge in [0.25, 0.3) is 0 Å². The smallest absolute Gasteiger partial charge is 0.211 e. The summed E-state index contributed by atoms with van der Waals surface area (Å²) in [6.45, 7) is 0.756. The Morgan fingerprint density at radius 3 is 2.47 bits per heavy atom. The average molecular weight is 234 g/mol. The second-order valence-electron chi connectivity index (χ2n) is 4.23. The molecule has 90 valence electrons. The Hall–Kier alpha value is -0.130. The lowest BCUT2D eigenvalue weighted by atomic mass is 9.96. The van der Waals surface area contributed by atoms with Gasteiger partial charge in [0.1, 0.15) is 0 Å². The molecule has 0 spiro atoms. The molecule has 2 N–H and O–H groups in total. The number of nitrogens with one attached hydrogen (secondary N) is 2. The lowest BCUT2D eigenvalue weighted by Gasteiger charge is -2.22. The van der Waals surface area contributed by atoms with Crippen molar-refractivity contribution in [2.45, 2.75) is 44.6 Å². The quantitative estimate of drug-likeness (QED) is 0.670. The standard InChI is InChI=1S/C10H22N2O2S/c1-11-8-5-9-15(13,14)12-10-6-3-2-4-7-10/h10-12H,2-9H2,1H3. The van der Waals surface area contributed by atoms with Crippen LogP contribution >= 0.6 is 0 Å². The molecule has 1 saturated carbocycles. The van der Waals surface area contributed by atoms with Gasteiger partial charge in [-0.15, -0.1) is 0 Å². The molecule has 5 heteroatoms. The van der Waals surface area contributed by atoms with Crippen LogP contribution in [-0.4, -0.2) is 33.8 Å². The van der Waals surface area contributed by atoms with Crippen molar-refractivity contribution in [1.29, 1.82) is 0 Å². The van der Waals surface area contributed by atoms with Crippen molar-refractivity contribution in [3.63, 3.8) is 0 Å². The third-order valence-electron chi connectivity index (χ3n) is 2.79. The Morgan fingerprint density at radius 1 is 1.20 bits per heavy atom. The Labute approximate surface area is 92.9 Å². The van der Waals surface area contributed by atoms with Crippen LogP contribution in [0, 0.1) is 0 Å². The summed E-state index contributed by atoms with van der Waals surface area (Å²) in [5, 5.41) is 2.95. The first-order valence-electron chi connectivity index (χ1n) is 5.78. The monoisotopic (exact) mass is 234 g/mol. The van der Waals surface area contributed by atoms with Crippen LogP contribution in [0.5, 0.6) is 0 Å². The van der Waals surface area contributed by atoms with Crippen LogP contribution in [0.15, 0.2) is 0 Å². The molecule has 0 bridgehead atoms. The van der Waals surface area contributed by atoms with E-state index in [1.165, 1.54) is 6.42 Å². The molecule has 0 unspecified atom stereocenters. The van der Waals surface area contributed by atoms with Crippen LogP contribution in [0.4, 0.5) is 0 Å². The number of hydrogen-bond donors (Lipinski definition) is 2. The van der Waals surface area contributed by atoms with Gasteiger partial charge in [-0.2, -0.15) is 0 Å². The van der Waals surface area contributed by atoms with Crippen LogP contribution < -0.4 is 10.0 Å². The average Bonchev–Trinajstić information content (AvgIpc) is 2.18. The molecule has 1 rings (SSSR count). The van der Waals surface area contributed by atoms with Crippen molar-refractivity contribution < 1.29 is 8.42 Å². The summed E-state index contributed by atoms with van der Waals surface area (Å²) in [4.78, 5) is 0. The molecule has 0 aromatic heterocycles. The minimum Gasteiger partial charge on any atom is -0.320 e. The van der Waals surface area contributed by atoms with E-state index < -0.39 is 10.0 Å². The third-order valence-corrected chi connectivity index (χ3v) is 4.31. The summed E-state index contributed by atoms with van der Waals surface area (Å²) in [5.41, 5.74) is 0. The van der Waals surface area contributed by atoms with E-state index in [1.807, 2.05) is 7.05 Å². The predicted molar refractivity (Wildman–Crippen MR) is 62.3 cm³/mol. The molecule has 15 heavy (non-hydrogen) atoms. The molecule has 0 amide bonds. The molecule has 0 aromatic rings. The van der Waals surface area contributed by atoms with Gasteiger partial charge < -0.3 is 5.32 Å². The summed E-state index contributed by atoms with van der Waals surface area (Å²) in [5.74, 6) is 0.240. The largest absolute Gasteiger partial charge is 0.320 e. The molecule has 4 nitrogen and oxygen atoms in total. The molecular weight excluding hydrogens is 212 g/mol. The molecular formula is C10H22N2O2S. The van der Waals surface area contributed by atoms with Crippen LogP contribution in [0.1, 0.15) is 38.5 Å². The van der Waals surface area contributed by atoms with Crippen LogP contribution in [0.2, 0.25) is 0 Å². The van der Waals surface area contributed by atoms with E-state index in [4.69, 9.17) is 0 Å². The fraction of sp³-hybridized carbons (Fsp3) is 1.00. The van der Waals surface area contributed by atoms with Crippen molar-refractivity contribution >= 4 is 10.0 Å². The van der Waals surface area contributed by atoms with E-state index in [0.717, 1.165) is 32.2 Å². The second kappa shape index (κ2) is 6.45. The third kappa shape index (κ3) is 5.49. The fourth-order valence-electron chi connectivity index (χ4n) is 1.97. The zero-order valence-corrected chi connectivity index (χ0v) is 10.3. The zero-order valence-electron chi connectivity index (χ0n) is 9.46. The Morgan fingerprint density at radius 2 is 1.87 bits per heavy atom. The first kappa shape index (κ1) is 12.9. The van der Waals surface area contributed by atoms with E-state index in [2.05, 4.69) is 10.0 Å². The van der Waals surface area contributed by atoms with Gasteiger partial charge in [-0.3, -0.25) is 0 Å². The highest BCUT2D eigenvalue weighted by Crippen LogP contribution is 2.18. The molecule has 0 aliphatic heterocycles. The highest BCUT2D eigenvalue weighted by Gasteiger charge is 2.19. The number of hydrogen-bond acceptors (Lipinski definition) is 3. The fourth-order valence-corrected chi connectivity index (χ4v) is 3.36. The summed E-state index contributed by atoms with van der Waals surface area (Å²) >= 11 is 0. The molecule has 0 heterocycles. The lowest BCUT2D eigenvalue weighted by Crippen LogP contribution is -2.38. The molecule has 1 aliphatic rings. The van der Waals surface area contributed by atoms with Gasteiger partial charge in [0.05, 0.1) is 5.75 Å². The van der Waals surface area contributed by atoms with E-state index >= 15 is 0 Å². The molecule has 1 fully saturated rings. The molecule has 1 aliphatic carbocycles. The van der Waals surface area contributed by atoms with E-state index in [-0.39, 0.29) is 11.8 Å². The van der Waals surface area contributed by atoms with Gasteiger partial charge in [-0.25, -0.2) is 13.1 Å². The van der Waals surface area contributed by atoms with Gasteiger partial charge in [0.2, 0.25) is 10.0 Å². The van der Waals surface area contributed by atoms with Gasteiger partial charge in [-0.05, 0) is 32.9 Å². The van der Waals surface area contributed by atoms with Crippen molar-refractivity contribution in [3.05, 3.63) is 0 Å². The van der Waals surface area contributed by atoms with Crippen molar-refractivity contribution in [1.82, 2.24) is 10.0 Å². The Balaban J connectivity index is 2.27. The SMILES string of the molecule is CNCCCS(=O)(=O)NC1CCCCC1. The van der Waals surface area contributed by atoms with E-state index in [1.54, 1.807) is 0 Å². The van der Waals surface area contributed by atoms with Crippen LogP contribution in [0.3, 0.4) is 0 Å². The summed E-state index contributed by atoms with van der Waals surface area (Å²) in [7, 11) is -1.21. The van der Waals surface area contributed by atoms with Gasteiger partial charge in [0, 0.05) is 6.04 Å². The predicted octanol–water partition coefficient (Wildman–Crippen LogP) is 0.848. The molecule has 0 atom stereocenters. The summed E-state index contributed by atoms with van der Waals surface area (Å²) in [6.07, 6.45) is 6.25. The zero-order chi connectivity index (χ0) is 11.1. The van der Waals surface area contributed by atoms with Crippen LogP contribution in [-0.2, 0) is 10.0 Å². The normalized spacial score (nSPS) is 19.3. The Kier molecular flexibility index (Phi) is 5.56. The van der Waals surface area contributed by atoms with E-state index in [0.29, 0.717) is 6.42 Å². The highest BCUT2D eigenvalue weighted by molar-refractivity contribution is 7.89. The lowest BCUT2D eigenvalue weighted by molar-refractivity contribution is 0.412. The van der Waals surface area contributed by atoms with Gasteiger partial charge >= 0.3 is 0 Å². The Bertz CT molecular complexity index is 259. The molecule has 0 saturated heterocycles. The minimum absolute atomic E-state index is 0.193. The maximum atomic E-state index is 11.6. The number of rotatable bonds is 6.